The van der Waals surface area contributed by atoms with Gasteiger partial charge in [0, 0.05) is 19.3 Å². The molecule has 0 aliphatic rings. The number of carbonyl (C=O) groups is 3. The Morgan fingerprint density at radius 3 is 1.13 bits per heavy atom. The first-order valence-corrected chi connectivity index (χ1v) is 22.8. The van der Waals surface area contributed by atoms with Crippen LogP contribution >= 0.6 is 0 Å². The summed E-state index contributed by atoms with van der Waals surface area (Å²) in [5.41, 5.74) is 0. The fourth-order valence-electron chi connectivity index (χ4n) is 5.94. The van der Waals surface area contributed by atoms with Gasteiger partial charge in [0.1, 0.15) is 13.2 Å². The van der Waals surface area contributed by atoms with Crippen LogP contribution in [0.3, 0.4) is 0 Å². The molecule has 1 atom stereocenters. The van der Waals surface area contributed by atoms with Gasteiger partial charge in [-0.1, -0.05) is 159 Å². The molecule has 0 heterocycles. The molecule has 0 aliphatic carbocycles. The van der Waals surface area contributed by atoms with Gasteiger partial charge in [0.25, 0.3) is 0 Å². The van der Waals surface area contributed by atoms with Crippen LogP contribution in [0.1, 0.15) is 213 Å². The number of hydrogen-bond acceptors (Lipinski definition) is 6. The van der Waals surface area contributed by atoms with E-state index in [1.54, 1.807) is 0 Å². The Morgan fingerprint density at radius 2 is 0.673 bits per heavy atom. The highest BCUT2D eigenvalue weighted by Gasteiger charge is 2.19. The lowest BCUT2D eigenvalue weighted by molar-refractivity contribution is -0.167. The first kappa shape index (κ1) is 52.1. The van der Waals surface area contributed by atoms with E-state index in [4.69, 9.17) is 14.2 Å². The van der Waals surface area contributed by atoms with Crippen molar-refractivity contribution in [2.75, 3.05) is 13.2 Å². The Morgan fingerprint density at radius 1 is 0.364 bits per heavy atom. The summed E-state index contributed by atoms with van der Waals surface area (Å²) in [5, 5.41) is 0. The normalized spacial score (nSPS) is 12.6. The van der Waals surface area contributed by atoms with Gasteiger partial charge in [-0.05, 0) is 96.3 Å². The second kappa shape index (κ2) is 43.8. The Balaban J connectivity index is 4.46. The molecule has 0 N–H and O–H groups in total. The SMILES string of the molecule is CCCC/C=C\CCCCCCCC(=O)OC[C@@H](COC(=O)CCCC/C=C\C/C=C\C/C=C\CCCCC)OC(=O)CCCCCCC/C=C\CCCC. The largest absolute Gasteiger partial charge is 0.462 e. The van der Waals surface area contributed by atoms with E-state index in [2.05, 4.69) is 81.5 Å². The highest BCUT2D eigenvalue weighted by Crippen LogP contribution is 2.12. The van der Waals surface area contributed by atoms with Gasteiger partial charge < -0.3 is 14.2 Å². The molecule has 0 spiro atoms. The van der Waals surface area contributed by atoms with E-state index in [1.165, 1.54) is 83.5 Å². The van der Waals surface area contributed by atoms with E-state index in [-0.39, 0.29) is 31.1 Å². The highest BCUT2D eigenvalue weighted by atomic mass is 16.6. The van der Waals surface area contributed by atoms with E-state index < -0.39 is 6.10 Å². The molecule has 0 aromatic carbocycles. The number of rotatable bonds is 40. The molecule has 0 saturated heterocycles. The van der Waals surface area contributed by atoms with Crippen molar-refractivity contribution in [3.63, 3.8) is 0 Å². The van der Waals surface area contributed by atoms with Gasteiger partial charge in [-0.2, -0.15) is 0 Å². The quantitative estimate of drug-likeness (QED) is 0.0267. The predicted molar refractivity (Wildman–Crippen MR) is 233 cm³/mol. The van der Waals surface area contributed by atoms with Crippen LogP contribution in [0.5, 0.6) is 0 Å². The second-order valence-electron chi connectivity index (χ2n) is 14.9. The summed E-state index contributed by atoms with van der Waals surface area (Å²) in [6.07, 6.45) is 52.0. The lowest BCUT2D eigenvalue weighted by atomic mass is 10.1. The summed E-state index contributed by atoms with van der Waals surface area (Å²) < 4.78 is 16.6. The molecule has 55 heavy (non-hydrogen) atoms. The maximum atomic E-state index is 12.7. The molecule has 0 bridgehead atoms. The van der Waals surface area contributed by atoms with Crippen molar-refractivity contribution in [1.29, 1.82) is 0 Å². The summed E-state index contributed by atoms with van der Waals surface area (Å²) in [4.78, 5) is 37.7. The molecule has 6 nitrogen and oxygen atoms in total. The molecule has 0 aromatic rings. The Labute approximate surface area is 339 Å². The van der Waals surface area contributed by atoms with E-state index in [1.807, 2.05) is 0 Å². The van der Waals surface area contributed by atoms with E-state index in [0.717, 1.165) is 89.9 Å². The summed E-state index contributed by atoms with van der Waals surface area (Å²) >= 11 is 0. The zero-order valence-electron chi connectivity index (χ0n) is 35.9. The highest BCUT2D eigenvalue weighted by molar-refractivity contribution is 5.71. The van der Waals surface area contributed by atoms with Crippen LogP contribution < -0.4 is 0 Å². The zero-order chi connectivity index (χ0) is 40.1. The summed E-state index contributed by atoms with van der Waals surface area (Å²) in [6.45, 7) is 6.46. The average Bonchev–Trinajstić information content (AvgIpc) is 3.18. The fraction of sp³-hybridized carbons (Fsp3) is 0.735. The van der Waals surface area contributed by atoms with Crippen LogP contribution in [-0.4, -0.2) is 37.2 Å². The molecule has 0 radical (unpaired) electrons. The Hall–Kier alpha value is -2.89. The fourth-order valence-corrected chi connectivity index (χ4v) is 5.94. The number of hydrogen-bond donors (Lipinski definition) is 0. The van der Waals surface area contributed by atoms with Crippen LogP contribution in [0.25, 0.3) is 0 Å². The second-order valence-corrected chi connectivity index (χ2v) is 14.9. The smallest absolute Gasteiger partial charge is 0.306 e. The van der Waals surface area contributed by atoms with Gasteiger partial charge in [0.05, 0.1) is 0 Å². The summed E-state index contributed by atoms with van der Waals surface area (Å²) in [5.74, 6) is -0.958. The number of carbonyl (C=O) groups excluding carboxylic acids is 3. The van der Waals surface area contributed by atoms with Gasteiger partial charge in [0.2, 0.25) is 0 Å². The van der Waals surface area contributed by atoms with Crippen molar-refractivity contribution in [2.24, 2.45) is 0 Å². The molecule has 0 unspecified atom stereocenters. The van der Waals surface area contributed by atoms with Crippen molar-refractivity contribution >= 4 is 17.9 Å². The summed E-state index contributed by atoms with van der Waals surface area (Å²) in [6, 6.07) is 0. The molecule has 0 saturated carbocycles. The van der Waals surface area contributed by atoms with E-state index in [0.29, 0.717) is 19.3 Å². The zero-order valence-corrected chi connectivity index (χ0v) is 35.9. The monoisotopic (exact) mass is 769 g/mol. The first-order chi connectivity index (χ1) is 27.0. The van der Waals surface area contributed by atoms with Crippen molar-refractivity contribution in [1.82, 2.24) is 0 Å². The Kier molecular flexibility index (Phi) is 41.5. The molecule has 0 fully saturated rings. The number of esters is 3. The van der Waals surface area contributed by atoms with Gasteiger partial charge in [-0.15, -0.1) is 0 Å². The molecular formula is C49H84O6. The minimum absolute atomic E-state index is 0.0948. The van der Waals surface area contributed by atoms with Crippen LogP contribution in [0.2, 0.25) is 0 Å². The lowest BCUT2D eigenvalue weighted by Gasteiger charge is -2.18. The van der Waals surface area contributed by atoms with E-state index >= 15 is 0 Å². The molecule has 316 valence electrons. The van der Waals surface area contributed by atoms with Crippen LogP contribution in [0.4, 0.5) is 0 Å². The van der Waals surface area contributed by atoms with Crippen molar-refractivity contribution in [3.05, 3.63) is 60.8 Å². The molecule has 0 amide bonds. The third-order valence-electron chi connectivity index (χ3n) is 9.46. The average molecular weight is 769 g/mol. The third kappa shape index (κ3) is 42.1. The minimum Gasteiger partial charge on any atom is -0.462 e. The molecular weight excluding hydrogens is 685 g/mol. The summed E-state index contributed by atoms with van der Waals surface area (Å²) in [7, 11) is 0. The predicted octanol–water partition coefficient (Wildman–Crippen LogP) is 14.5. The molecule has 0 rings (SSSR count). The maximum Gasteiger partial charge on any atom is 0.306 e. The lowest BCUT2D eigenvalue weighted by Crippen LogP contribution is -2.30. The maximum absolute atomic E-state index is 12.7. The van der Waals surface area contributed by atoms with Crippen molar-refractivity contribution < 1.29 is 28.6 Å². The number of unbranched alkanes of at least 4 members (excludes halogenated alkanes) is 19. The van der Waals surface area contributed by atoms with Gasteiger partial charge in [0.15, 0.2) is 6.10 Å². The minimum atomic E-state index is -0.794. The van der Waals surface area contributed by atoms with Gasteiger partial charge in [-0.25, -0.2) is 0 Å². The number of ether oxygens (including phenoxy) is 3. The topological polar surface area (TPSA) is 78.9 Å². The van der Waals surface area contributed by atoms with Gasteiger partial charge >= 0.3 is 17.9 Å². The van der Waals surface area contributed by atoms with Gasteiger partial charge in [-0.3, -0.25) is 14.4 Å². The molecule has 6 heteroatoms. The molecule has 0 aromatic heterocycles. The van der Waals surface area contributed by atoms with Crippen LogP contribution in [0, 0.1) is 0 Å². The third-order valence-corrected chi connectivity index (χ3v) is 9.46. The molecule has 0 aliphatic heterocycles. The van der Waals surface area contributed by atoms with Crippen molar-refractivity contribution in [3.8, 4) is 0 Å². The Bertz CT molecular complexity index is 1020. The van der Waals surface area contributed by atoms with Crippen LogP contribution in [0.15, 0.2) is 60.8 Å². The van der Waals surface area contributed by atoms with E-state index in [9.17, 15) is 14.4 Å². The van der Waals surface area contributed by atoms with Crippen LogP contribution in [-0.2, 0) is 28.6 Å². The standard InChI is InChI=1S/C49H84O6/c1-4-7-10-13-16-19-22-23-24-25-28-30-33-36-39-42-48(51)54-45-46(55-49(52)43-40-37-34-31-27-21-18-15-12-9-6-3)44-53-47(50)41-38-35-32-29-26-20-17-14-11-8-5-2/h14-19,23-24,28,30,46H,4-13,20-22,25-27,29,31-45H2,1-3H3/b17-14-,18-15-,19-16-,24-23-,30-28-/t46-/m0/s1. The number of allylic oxidation sites excluding steroid dienone is 10. The first-order valence-electron chi connectivity index (χ1n) is 22.8. The van der Waals surface area contributed by atoms with Crippen molar-refractivity contribution in [2.45, 2.75) is 219 Å².